The standard InChI is InChI=1S/C16H22N2O4/c1-3-8-16(11-22-2)9-5-10-18(16)14(19)12-6-4-7-13(17-12)15(20)21/h4,6-7H,3,5,8-11H2,1-2H3,(H,20,21)/t16-/m1/s1. The summed E-state index contributed by atoms with van der Waals surface area (Å²) in [4.78, 5) is 29.6. The summed E-state index contributed by atoms with van der Waals surface area (Å²) in [6.45, 7) is 3.23. The summed E-state index contributed by atoms with van der Waals surface area (Å²) in [5, 5.41) is 9.02. The maximum Gasteiger partial charge on any atom is 0.354 e. The first kappa shape index (κ1) is 16.4. The van der Waals surface area contributed by atoms with E-state index in [4.69, 9.17) is 9.84 Å². The lowest BCUT2D eigenvalue weighted by molar-refractivity contribution is 0.0250. The lowest BCUT2D eigenvalue weighted by Gasteiger charge is -2.38. The van der Waals surface area contributed by atoms with Crippen LogP contribution in [0, 0.1) is 0 Å². The van der Waals surface area contributed by atoms with Crippen LogP contribution < -0.4 is 0 Å². The number of aromatic nitrogens is 1. The number of rotatable bonds is 6. The second-order valence-corrected chi connectivity index (χ2v) is 5.68. The highest BCUT2D eigenvalue weighted by Crippen LogP contribution is 2.35. The molecule has 1 aromatic heterocycles. The number of carboxylic acids is 1. The molecule has 1 aliphatic rings. The zero-order chi connectivity index (χ0) is 16.2. The minimum Gasteiger partial charge on any atom is -0.477 e. The Labute approximate surface area is 130 Å². The molecular formula is C16H22N2O4. The maximum atomic E-state index is 12.8. The molecule has 0 unspecified atom stereocenters. The summed E-state index contributed by atoms with van der Waals surface area (Å²) in [5.74, 6) is -1.35. The summed E-state index contributed by atoms with van der Waals surface area (Å²) >= 11 is 0. The first-order chi connectivity index (χ1) is 10.5. The highest BCUT2D eigenvalue weighted by Gasteiger charge is 2.43. The lowest BCUT2D eigenvalue weighted by Crippen LogP contribution is -2.50. The van der Waals surface area contributed by atoms with Gasteiger partial charge in [0.2, 0.25) is 0 Å². The van der Waals surface area contributed by atoms with Crippen molar-refractivity contribution >= 4 is 11.9 Å². The molecule has 6 heteroatoms. The van der Waals surface area contributed by atoms with Gasteiger partial charge in [0.15, 0.2) is 0 Å². The number of amides is 1. The van der Waals surface area contributed by atoms with Crippen LogP contribution in [0.25, 0.3) is 0 Å². The van der Waals surface area contributed by atoms with Crippen molar-refractivity contribution in [1.82, 2.24) is 9.88 Å². The van der Waals surface area contributed by atoms with Crippen LogP contribution in [0.15, 0.2) is 18.2 Å². The molecule has 1 fully saturated rings. The first-order valence-electron chi connectivity index (χ1n) is 7.55. The fourth-order valence-electron chi connectivity index (χ4n) is 3.28. The van der Waals surface area contributed by atoms with Crippen LogP contribution in [-0.4, -0.2) is 52.7 Å². The molecular weight excluding hydrogens is 284 g/mol. The zero-order valence-corrected chi connectivity index (χ0v) is 13.0. The molecule has 0 saturated carbocycles. The second-order valence-electron chi connectivity index (χ2n) is 5.68. The Morgan fingerprint density at radius 3 is 2.77 bits per heavy atom. The number of aromatic carboxylic acids is 1. The van der Waals surface area contributed by atoms with Crippen molar-refractivity contribution in [3.63, 3.8) is 0 Å². The second kappa shape index (κ2) is 6.87. The summed E-state index contributed by atoms with van der Waals surface area (Å²) in [6.07, 6.45) is 3.65. The average Bonchev–Trinajstić information content (AvgIpc) is 2.91. The molecule has 1 aromatic rings. The first-order valence-corrected chi connectivity index (χ1v) is 7.55. The number of pyridine rings is 1. The molecule has 0 radical (unpaired) electrons. The molecule has 6 nitrogen and oxygen atoms in total. The van der Waals surface area contributed by atoms with Crippen LogP contribution in [0.1, 0.15) is 53.6 Å². The lowest BCUT2D eigenvalue weighted by atomic mass is 9.91. The van der Waals surface area contributed by atoms with Crippen LogP contribution in [0.2, 0.25) is 0 Å². The van der Waals surface area contributed by atoms with Gasteiger partial charge >= 0.3 is 5.97 Å². The van der Waals surface area contributed by atoms with Gasteiger partial charge in [-0.05, 0) is 31.4 Å². The minimum atomic E-state index is -1.13. The van der Waals surface area contributed by atoms with Crippen molar-refractivity contribution < 1.29 is 19.4 Å². The Balaban J connectivity index is 2.30. The van der Waals surface area contributed by atoms with E-state index < -0.39 is 5.97 Å². The van der Waals surface area contributed by atoms with Gasteiger partial charge in [0.25, 0.3) is 5.91 Å². The molecule has 0 aliphatic carbocycles. The van der Waals surface area contributed by atoms with Gasteiger partial charge in [-0.15, -0.1) is 0 Å². The Bertz CT molecular complexity index is 553. The number of carboxylic acid groups (broad SMARTS) is 1. The topological polar surface area (TPSA) is 79.7 Å². The Morgan fingerprint density at radius 2 is 2.14 bits per heavy atom. The van der Waals surface area contributed by atoms with E-state index >= 15 is 0 Å². The maximum absolute atomic E-state index is 12.8. The predicted octanol–water partition coefficient (Wildman–Crippen LogP) is 2.20. The minimum absolute atomic E-state index is 0.113. The predicted molar refractivity (Wildman–Crippen MR) is 81.0 cm³/mol. The number of likely N-dealkylation sites (tertiary alicyclic amines) is 1. The Kier molecular flexibility index (Phi) is 5.13. The van der Waals surface area contributed by atoms with E-state index in [-0.39, 0.29) is 22.8 Å². The fourth-order valence-corrected chi connectivity index (χ4v) is 3.28. The molecule has 1 N–H and O–H groups in total. The van der Waals surface area contributed by atoms with Gasteiger partial charge in [0.05, 0.1) is 12.1 Å². The van der Waals surface area contributed by atoms with E-state index in [0.29, 0.717) is 13.2 Å². The van der Waals surface area contributed by atoms with Gasteiger partial charge in [0, 0.05) is 13.7 Å². The zero-order valence-electron chi connectivity index (χ0n) is 13.0. The Morgan fingerprint density at radius 1 is 1.41 bits per heavy atom. The molecule has 2 rings (SSSR count). The normalized spacial score (nSPS) is 21.1. The van der Waals surface area contributed by atoms with Crippen molar-refractivity contribution in [2.45, 2.75) is 38.1 Å². The quantitative estimate of drug-likeness (QED) is 0.871. The van der Waals surface area contributed by atoms with E-state index in [1.165, 1.54) is 6.07 Å². The summed E-state index contributed by atoms with van der Waals surface area (Å²) in [6, 6.07) is 4.51. The number of carbonyl (C=O) groups excluding carboxylic acids is 1. The third-order valence-electron chi connectivity index (χ3n) is 4.16. The van der Waals surface area contributed by atoms with Crippen molar-refractivity contribution in [3.8, 4) is 0 Å². The van der Waals surface area contributed by atoms with Crippen LogP contribution >= 0.6 is 0 Å². The van der Waals surface area contributed by atoms with E-state index in [0.717, 1.165) is 25.7 Å². The molecule has 120 valence electrons. The SMILES string of the molecule is CCC[C@]1(COC)CCCN1C(=O)c1cccc(C(=O)O)n1. The van der Waals surface area contributed by atoms with E-state index in [2.05, 4.69) is 11.9 Å². The number of hydrogen-bond acceptors (Lipinski definition) is 4. The fraction of sp³-hybridized carbons (Fsp3) is 0.562. The summed E-state index contributed by atoms with van der Waals surface area (Å²) < 4.78 is 5.35. The number of methoxy groups -OCH3 is 1. The van der Waals surface area contributed by atoms with Gasteiger partial charge in [-0.3, -0.25) is 4.79 Å². The van der Waals surface area contributed by atoms with Gasteiger partial charge in [-0.25, -0.2) is 9.78 Å². The van der Waals surface area contributed by atoms with Gasteiger partial charge in [-0.2, -0.15) is 0 Å². The Hall–Kier alpha value is -1.95. The molecule has 1 aliphatic heterocycles. The van der Waals surface area contributed by atoms with E-state index in [1.807, 2.05) is 4.90 Å². The van der Waals surface area contributed by atoms with Crippen molar-refractivity contribution in [3.05, 3.63) is 29.6 Å². The molecule has 0 aromatic carbocycles. The van der Waals surface area contributed by atoms with Gasteiger partial charge in [-0.1, -0.05) is 19.4 Å². The molecule has 22 heavy (non-hydrogen) atoms. The van der Waals surface area contributed by atoms with E-state index in [9.17, 15) is 9.59 Å². The molecule has 2 heterocycles. The summed E-state index contributed by atoms with van der Waals surface area (Å²) in [7, 11) is 1.64. The van der Waals surface area contributed by atoms with Crippen molar-refractivity contribution in [2.75, 3.05) is 20.3 Å². The van der Waals surface area contributed by atoms with Crippen LogP contribution in [0.5, 0.6) is 0 Å². The molecule has 0 bridgehead atoms. The third kappa shape index (κ3) is 3.11. The highest BCUT2D eigenvalue weighted by molar-refractivity contribution is 5.94. The molecule has 1 atom stereocenters. The van der Waals surface area contributed by atoms with Crippen LogP contribution in [0.3, 0.4) is 0 Å². The monoisotopic (exact) mass is 306 g/mol. The number of nitrogens with zero attached hydrogens (tertiary/aromatic N) is 2. The molecule has 1 saturated heterocycles. The average molecular weight is 306 g/mol. The highest BCUT2D eigenvalue weighted by atomic mass is 16.5. The molecule has 1 amide bonds. The van der Waals surface area contributed by atoms with E-state index in [1.54, 1.807) is 19.2 Å². The number of hydrogen-bond donors (Lipinski definition) is 1. The van der Waals surface area contributed by atoms with Crippen molar-refractivity contribution in [1.29, 1.82) is 0 Å². The smallest absolute Gasteiger partial charge is 0.354 e. The number of carbonyl (C=O) groups is 2. The largest absolute Gasteiger partial charge is 0.477 e. The van der Waals surface area contributed by atoms with Crippen LogP contribution in [0.4, 0.5) is 0 Å². The van der Waals surface area contributed by atoms with Gasteiger partial charge < -0.3 is 14.7 Å². The van der Waals surface area contributed by atoms with Crippen LogP contribution in [-0.2, 0) is 4.74 Å². The summed E-state index contributed by atoms with van der Waals surface area (Å²) in [5.41, 5.74) is -0.238. The van der Waals surface area contributed by atoms with Gasteiger partial charge in [0.1, 0.15) is 11.4 Å². The third-order valence-corrected chi connectivity index (χ3v) is 4.16. The molecule has 0 spiro atoms. The van der Waals surface area contributed by atoms with Crippen molar-refractivity contribution in [2.24, 2.45) is 0 Å². The number of ether oxygens (including phenoxy) is 1.